The van der Waals surface area contributed by atoms with Crippen molar-refractivity contribution in [3.63, 3.8) is 0 Å². The lowest BCUT2D eigenvalue weighted by molar-refractivity contribution is -0.123. The Morgan fingerprint density at radius 2 is 1.97 bits per heavy atom. The number of thioether (sulfide) groups is 1. The summed E-state index contributed by atoms with van der Waals surface area (Å²) in [6.07, 6.45) is 1.47. The highest BCUT2D eigenvalue weighted by molar-refractivity contribution is 8.18. The molecule has 0 atom stereocenters. The Kier molecular flexibility index (Phi) is 6.14. The molecular formula is C20H14F2N2O4S. The lowest BCUT2D eigenvalue weighted by atomic mass is 10.1. The van der Waals surface area contributed by atoms with Crippen LogP contribution in [0.15, 0.2) is 47.4 Å². The lowest BCUT2D eigenvalue weighted by Crippen LogP contribution is -2.27. The number of benzene rings is 2. The summed E-state index contributed by atoms with van der Waals surface area (Å²) >= 11 is 0.761. The maximum atomic E-state index is 12.7. The van der Waals surface area contributed by atoms with Gasteiger partial charge in [0.25, 0.3) is 11.1 Å². The predicted octanol–water partition coefficient (Wildman–Crippen LogP) is 4.40. The number of ether oxygens (including phenoxy) is 2. The number of rotatable bonds is 6. The first-order chi connectivity index (χ1) is 13.9. The summed E-state index contributed by atoms with van der Waals surface area (Å²) in [5, 5.41) is 8.71. The number of carbonyl (C=O) groups is 2. The Morgan fingerprint density at radius 1 is 1.21 bits per heavy atom. The van der Waals surface area contributed by atoms with Crippen molar-refractivity contribution in [3.8, 4) is 17.6 Å². The molecule has 1 fully saturated rings. The molecule has 148 valence electrons. The zero-order chi connectivity index (χ0) is 21.0. The normalized spacial score (nSPS) is 15.1. The summed E-state index contributed by atoms with van der Waals surface area (Å²) in [6.45, 7) is -3.02. The van der Waals surface area contributed by atoms with E-state index >= 15 is 0 Å². The Labute approximate surface area is 169 Å². The molecule has 1 saturated heterocycles. The molecule has 1 aliphatic heterocycles. The smallest absolute Gasteiger partial charge is 0.387 e. The highest BCUT2D eigenvalue weighted by Gasteiger charge is 2.35. The standard InChI is InChI=1S/C20H14F2N2O4S/c1-27-16-8-12(6-7-15(16)28-19(21)22)9-17-18(25)24(20(26)29-17)11-14-5-3-2-4-13(14)10-23/h2-9,19H,11H2,1H3/b17-9-. The highest BCUT2D eigenvalue weighted by atomic mass is 32.2. The van der Waals surface area contributed by atoms with E-state index in [1.165, 1.54) is 31.4 Å². The monoisotopic (exact) mass is 416 g/mol. The molecule has 0 radical (unpaired) electrons. The first kappa shape index (κ1) is 20.4. The zero-order valence-corrected chi connectivity index (χ0v) is 15.9. The SMILES string of the molecule is COc1cc(/C=C2\SC(=O)N(Cc3ccccc3C#N)C2=O)ccc1OC(F)F. The number of alkyl halides is 2. The van der Waals surface area contributed by atoms with Crippen LogP contribution >= 0.6 is 11.8 Å². The maximum absolute atomic E-state index is 12.7. The van der Waals surface area contributed by atoms with Crippen molar-refractivity contribution < 1.29 is 27.8 Å². The molecule has 0 spiro atoms. The highest BCUT2D eigenvalue weighted by Crippen LogP contribution is 2.35. The van der Waals surface area contributed by atoms with Gasteiger partial charge in [0.05, 0.1) is 30.2 Å². The number of hydrogen-bond acceptors (Lipinski definition) is 6. The van der Waals surface area contributed by atoms with Gasteiger partial charge in [0.1, 0.15) is 0 Å². The van der Waals surface area contributed by atoms with E-state index in [9.17, 15) is 23.6 Å². The average Bonchev–Trinajstić information content (AvgIpc) is 2.96. The van der Waals surface area contributed by atoms with Gasteiger partial charge < -0.3 is 9.47 Å². The quantitative estimate of drug-likeness (QED) is 0.650. The minimum atomic E-state index is -3.00. The van der Waals surface area contributed by atoms with Crippen molar-refractivity contribution in [2.24, 2.45) is 0 Å². The molecule has 0 unspecified atom stereocenters. The van der Waals surface area contributed by atoms with E-state index in [4.69, 9.17) is 4.74 Å². The molecule has 6 nitrogen and oxygen atoms in total. The van der Waals surface area contributed by atoms with E-state index in [1.54, 1.807) is 24.3 Å². The Morgan fingerprint density at radius 3 is 2.66 bits per heavy atom. The molecule has 0 aromatic heterocycles. The number of imide groups is 1. The fraction of sp³-hybridized carbons (Fsp3) is 0.150. The molecule has 0 saturated carbocycles. The van der Waals surface area contributed by atoms with E-state index in [0.717, 1.165) is 16.7 Å². The summed E-state index contributed by atoms with van der Waals surface area (Å²) in [7, 11) is 1.30. The van der Waals surface area contributed by atoms with Gasteiger partial charge in [0, 0.05) is 0 Å². The van der Waals surface area contributed by atoms with E-state index in [1.807, 2.05) is 6.07 Å². The van der Waals surface area contributed by atoms with Crippen LogP contribution < -0.4 is 9.47 Å². The molecule has 2 aromatic rings. The summed E-state index contributed by atoms with van der Waals surface area (Å²) in [5.41, 5.74) is 1.43. The van der Waals surface area contributed by atoms with Crippen LogP contribution in [-0.2, 0) is 11.3 Å². The first-order valence-corrected chi connectivity index (χ1v) is 9.10. The fourth-order valence-corrected chi connectivity index (χ4v) is 3.53. The Bertz CT molecular complexity index is 1030. The van der Waals surface area contributed by atoms with Gasteiger partial charge >= 0.3 is 6.61 Å². The Balaban J connectivity index is 1.84. The second-order valence-electron chi connectivity index (χ2n) is 5.83. The summed E-state index contributed by atoms with van der Waals surface area (Å²) in [5.74, 6) is -0.568. The van der Waals surface area contributed by atoms with Crippen molar-refractivity contribution in [1.29, 1.82) is 5.26 Å². The van der Waals surface area contributed by atoms with Gasteiger partial charge in [0.2, 0.25) is 0 Å². The largest absolute Gasteiger partial charge is 0.493 e. The van der Waals surface area contributed by atoms with Gasteiger partial charge in [-0.1, -0.05) is 24.3 Å². The molecule has 2 amide bonds. The molecule has 29 heavy (non-hydrogen) atoms. The number of nitriles is 1. The van der Waals surface area contributed by atoms with Gasteiger partial charge in [0.15, 0.2) is 11.5 Å². The van der Waals surface area contributed by atoms with E-state index in [-0.39, 0.29) is 22.9 Å². The molecule has 3 rings (SSSR count). The van der Waals surface area contributed by atoms with Crippen molar-refractivity contribution in [1.82, 2.24) is 4.90 Å². The van der Waals surface area contributed by atoms with Crippen LogP contribution in [0, 0.1) is 11.3 Å². The number of methoxy groups -OCH3 is 1. The summed E-state index contributed by atoms with van der Waals surface area (Å²) < 4.78 is 34.3. The van der Waals surface area contributed by atoms with E-state index < -0.39 is 17.8 Å². The molecule has 0 bridgehead atoms. The van der Waals surface area contributed by atoms with Crippen LogP contribution in [0.1, 0.15) is 16.7 Å². The molecular weight excluding hydrogens is 402 g/mol. The van der Waals surface area contributed by atoms with Crippen LogP contribution in [0.3, 0.4) is 0 Å². The van der Waals surface area contributed by atoms with Crippen LogP contribution in [0.4, 0.5) is 13.6 Å². The number of amides is 2. The van der Waals surface area contributed by atoms with Gasteiger partial charge in [-0.3, -0.25) is 14.5 Å². The second-order valence-corrected chi connectivity index (χ2v) is 6.82. The molecule has 1 aliphatic rings. The summed E-state index contributed by atoms with van der Waals surface area (Å²) in [6, 6.07) is 12.9. The molecule has 0 N–H and O–H groups in total. The van der Waals surface area contributed by atoms with Crippen LogP contribution in [-0.4, -0.2) is 29.8 Å². The van der Waals surface area contributed by atoms with Crippen molar-refractivity contribution in [2.45, 2.75) is 13.2 Å². The van der Waals surface area contributed by atoms with Crippen LogP contribution in [0.5, 0.6) is 11.5 Å². The van der Waals surface area contributed by atoms with Crippen LogP contribution in [0.2, 0.25) is 0 Å². The van der Waals surface area contributed by atoms with Crippen molar-refractivity contribution in [2.75, 3.05) is 7.11 Å². The third kappa shape index (κ3) is 4.55. The molecule has 0 aliphatic carbocycles. The van der Waals surface area contributed by atoms with E-state index in [0.29, 0.717) is 16.7 Å². The number of halogens is 2. The van der Waals surface area contributed by atoms with Crippen LogP contribution in [0.25, 0.3) is 6.08 Å². The van der Waals surface area contributed by atoms with Gasteiger partial charge in [-0.15, -0.1) is 0 Å². The zero-order valence-electron chi connectivity index (χ0n) is 15.1. The second kappa shape index (κ2) is 8.75. The van der Waals surface area contributed by atoms with E-state index in [2.05, 4.69) is 4.74 Å². The van der Waals surface area contributed by atoms with Crippen molar-refractivity contribution in [3.05, 3.63) is 64.1 Å². The number of nitrogens with zero attached hydrogens (tertiary/aromatic N) is 2. The minimum absolute atomic E-state index is 0.0176. The topological polar surface area (TPSA) is 79.6 Å². The van der Waals surface area contributed by atoms with Gasteiger partial charge in [-0.2, -0.15) is 14.0 Å². The number of carbonyl (C=O) groups excluding carboxylic acids is 2. The average molecular weight is 416 g/mol. The fourth-order valence-electron chi connectivity index (χ4n) is 2.69. The lowest BCUT2D eigenvalue weighted by Gasteiger charge is -2.13. The third-order valence-corrected chi connectivity index (χ3v) is 4.95. The van der Waals surface area contributed by atoms with Gasteiger partial charge in [-0.25, -0.2) is 0 Å². The molecule has 2 aromatic carbocycles. The third-order valence-electron chi connectivity index (χ3n) is 4.04. The molecule has 1 heterocycles. The minimum Gasteiger partial charge on any atom is -0.493 e. The summed E-state index contributed by atoms with van der Waals surface area (Å²) in [4.78, 5) is 26.2. The molecule has 9 heteroatoms. The van der Waals surface area contributed by atoms with Gasteiger partial charge in [-0.05, 0) is 47.2 Å². The Hall–Kier alpha value is -3.38. The van der Waals surface area contributed by atoms with Crippen molar-refractivity contribution >= 4 is 29.0 Å². The maximum Gasteiger partial charge on any atom is 0.387 e. The first-order valence-electron chi connectivity index (χ1n) is 8.29. The number of hydrogen-bond donors (Lipinski definition) is 0. The predicted molar refractivity (Wildman–Crippen MR) is 102 cm³/mol.